The van der Waals surface area contributed by atoms with E-state index in [2.05, 4.69) is 9.64 Å². The number of benzene rings is 1. The summed E-state index contributed by atoms with van der Waals surface area (Å²) in [5.41, 5.74) is 0.718. The van der Waals surface area contributed by atoms with Gasteiger partial charge in [0.1, 0.15) is 12.4 Å². The van der Waals surface area contributed by atoms with Gasteiger partial charge in [-0.3, -0.25) is 4.79 Å². The molecule has 2 aliphatic heterocycles. The Morgan fingerprint density at radius 2 is 1.62 bits per heavy atom. The lowest BCUT2D eigenvalue weighted by atomic mass is 9.78. The Bertz CT molecular complexity index is 705. The van der Waals surface area contributed by atoms with Crippen molar-refractivity contribution in [3.8, 4) is 5.75 Å². The third-order valence-electron chi connectivity index (χ3n) is 5.68. The van der Waals surface area contributed by atoms with E-state index in [0.29, 0.717) is 0 Å². The van der Waals surface area contributed by atoms with Crippen LogP contribution in [0.25, 0.3) is 0 Å². The number of alkyl halides is 3. The zero-order valence-electron chi connectivity index (χ0n) is 17.2. The molecule has 1 aromatic rings. The molecule has 2 fully saturated rings. The van der Waals surface area contributed by atoms with E-state index < -0.39 is 6.36 Å². The van der Waals surface area contributed by atoms with Gasteiger partial charge in [-0.25, -0.2) is 0 Å². The van der Waals surface area contributed by atoms with E-state index in [0.717, 1.165) is 51.1 Å². The van der Waals surface area contributed by atoms with Crippen LogP contribution in [0.3, 0.4) is 0 Å². The van der Waals surface area contributed by atoms with Gasteiger partial charge in [-0.2, -0.15) is 0 Å². The van der Waals surface area contributed by atoms with Crippen molar-refractivity contribution in [2.75, 3.05) is 37.7 Å². The molecule has 8 heteroatoms. The first kappa shape index (κ1) is 21.7. The molecule has 2 aliphatic rings. The van der Waals surface area contributed by atoms with E-state index in [9.17, 15) is 18.0 Å². The molecule has 5 nitrogen and oxygen atoms in total. The van der Waals surface area contributed by atoms with Crippen LogP contribution in [0.2, 0.25) is 0 Å². The predicted octanol–water partition coefficient (Wildman–Crippen LogP) is 4.22. The number of hydrogen-bond donors (Lipinski definition) is 0. The minimum Gasteiger partial charge on any atom is -0.406 e. The summed E-state index contributed by atoms with van der Waals surface area (Å²) in [6.07, 6.45) is -1.79. The molecule has 0 aliphatic carbocycles. The fourth-order valence-electron chi connectivity index (χ4n) is 4.02. The van der Waals surface area contributed by atoms with Crippen molar-refractivity contribution in [1.29, 1.82) is 0 Å². The Hall–Kier alpha value is -1.96. The quantitative estimate of drug-likeness (QED) is 0.740. The Kier molecular flexibility index (Phi) is 6.03. The van der Waals surface area contributed by atoms with E-state index in [4.69, 9.17) is 4.74 Å². The number of likely N-dealkylation sites (tertiary alicyclic amines) is 1. The highest BCUT2D eigenvalue weighted by molar-refractivity contribution is 5.77. The fraction of sp³-hybridized carbons (Fsp3) is 0.667. The summed E-state index contributed by atoms with van der Waals surface area (Å²) in [7, 11) is 0. The van der Waals surface area contributed by atoms with Crippen LogP contribution in [0.4, 0.5) is 18.9 Å². The van der Waals surface area contributed by atoms with E-state index >= 15 is 0 Å². The van der Waals surface area contributed by atoms with Gasteiger partial charge in [0.15, 0.2) is 0 Å². The molecule has 0 radical (unpaired) electrons. The molecular weight excluding hydrogens is 385 g/mol. The number of anilines is 1. The Labute approximate surface area is 169 Å². The maximum atomic E-state index is 12.4. The van der Waals surface area contributed by atoms with Crippen LogP contribution in [-0.2, 0) is 9.53 Å². The van der Waals surface area contributed by atoms with Gasteiger partial charge in [-0.1, -0.05) is 0 Å². The second kappa shape index (κ2) is 8.05. The predicted molar refractivity (Wildman–Crippen MR) is 104 cm³/mol. The van der Waals surface area contributed by atoms with Crippen LogP contribution in [0.1, 0.15) is 40.0 Å². The molecule has 3 rings (SSSR count). The highest BCUT2D eigenvalue weighted by atomic mass is 19.4. The molecule has 0 aromatic heterocycles. The molecular formula is C21H29F3N2O3. The molecule has 162 valence electrons. The van der Waals surface area contributed by atoms with Crippen LogP contribution < -0.4 is 9.64 Å². The van der Waals surface area contributed by atoms with Crippen molar-refractivity contribution < 1.29 is 27.4 Å². The minimum atomic E-state index is -4.68. The van der Waals surface area contributed by atoms with Crippen LogP contribution >= 0.6 is 0 Å². The number of carbonyl (C=O) groups excluding carboxylic acids is 1. The summed E-state index contributed by atoms with van der Waals surface area (Å²) in [4.78, 5) is 16.4. The van der Waals surface area contributed by atoms with Crippen LogP contribution in [0.15, 0.2) is 24.3 Å². The second-order valence-electron chi connectivity index (χ2n) is 9.00. The number of hydrogen-bond acceptors (Lipinski definition) is 4. The van der Waals surface area contributed by atoms with Crippen molar-refractivity contribution in [1.82, 2.24) is 4.90 Å². The molecule has 1 aromatic carbocycles. The molecule has 1 amide bonds. The van der Waals surface area contributed by atoms with Gasteiger partial charge in [0.05, 0.1) is 5.60 Å². The van der Waals surface area contributed by atoms with Crippen molar-refractivity contribution in [3.05, 3.63) is 24.3 Å². The molecule has 0 atom stereocenters. The molecule has 0 N–H and O–H groups in total. The lowest BCUT2D eigenvalue weighted by molar-refractivity contribution is -0.274. The summed E-state index contributed by atoms with van der Waals surface area (Å²) in [5, 5.41) is 0. The van der Waals surface area contributed by atoms with Crippen LogP contribution in [0.5, 0.6) is 5.75 Å². The topological polar surface area (TPSA) is 42.0 Å². The third-order valence-corrected chi connectivity index (χ3v) is 5.68. The molecule has 0 unspecified atom stereocenters. The maximum Gasteiger partial charge on any atom is 0.573 e. The minimum absolute atomic E-state index is 0.0323. The summed E-state index contributed by atoms with van der Waals surface area (Å²) in [6.45, 7) is 9.06. The van der Waals surface area contributed by atoms with Crippen molar-refractivity contribution in [2.24, 2.45) is 5.41 Å². The molecule has 1 spiro atoms. The Morgan fingerprint density at radius 3 is 2.17 bits per heavy atom. The van der Waals surface area contributed by atoms with Crippen molar-refractivity contribution >= 4 is 11.6 Å². The summed E-state index contributed by atoms with van der Waals surface area (Å²) >= 11 is 0. The lowest BCUT2D eigenvalue weighted by Crippen LogP contribution is -2.46. The average Bonchev–Trinajstić information content (AvgIpc) is 3.03. The number of amides is 1. The fourth-order valence-corrected chi connectivity index (χ4v) is 4.02. The van der Waals surface area contributed by atoms with E-state index in [1.165, 1.54) is 12.1 Å². The summed E-state index contributed by atoms with van der Waals surface area (Å²) < 4.78 is 46.5. The monoisotopic (exact) mass is 414 g/mol. The smallest absolute Gasteiger partial charge is 0.406 e. The number of halogens is 3. The SMILES string of the molecule is CC(C)(C)OCC(=O)N1CCC2(CC1)CCN(c1ccc(OC(F)(F)F)cc1)C2. The zero-order valence-corrected chi connectivity index (χ0v) is 17.2. The number of piperidine rings is 1. The van der Waals surface area contributed by atoms with Gasteiger partial charge in [-0.05, 0) is 69.7 Å². The molecule has 29 heavy (non-hydrogen) atoms. The van der Waals surface area contributed by atoms with Gasteiger partial charge in [-0.15, -0.1) is 13.2 Å². The molecule has 2 heterocycles. The highest BCUT2D eigenvalue weighted by Crippen LogP contribution is 2.42. The lowest BCUT2D eigenvalue weighted by Gasteiger charge is -2.39. The highest BCUT2D eigenvalue weighted by Gasteiger charge is 2.41. The van der Waals surface area contributed by atoms with Crippen LogP contribution in [-0.4, -0.2) is 55.6 Å². The van der Waals surface area contributed by atoms with Gasteiger partial charge >= 0.3 is 6.36 Å². The first-order chi connectivity index (χ1) is 13.4. The maximum absolute atomic E-state index is 12.4. The number of ether oxygens (including phenoxy) is 2. The zero-order chi connectivity index (χ0) is 21.3. The molecule has 2 saturated heterocycles. The van der Waals surface area contributed by atoms with Gasteiger partial charge in [0.2, 0.25) is 5.91 Å². The number of rotatable bonds is 4. The molecule has 0 saturated carbocycles. The van der Waals surface area contributed by atoms with Crippen molar-refractivity contribution in [3.63, 3.8) is 0 Å². The van der Waals surface area contributed by atoms with E-state index in [1.54, 1.807) is 12.1 Å². The second-order valence-corrected chi connectivity index (χ2v) is 9.00. The average molecular weight is 414 g/mol. The van der Waals surface area contributed by atoms with Gasteiger partial charge < -0.3 is 19.3 Å². The third kappa shape index (κ3) is 6.01. The van der Waals surface area contributed by atoms with Crippen molar-refractivity contribution in [2.45, 2.75) is 52.0 Å². The first-order valence-corrected chi connectivity index (χ1v) is 9.97. The summed E-state index contributed by atoms with van der Waals surface area (Å²) in [6, 6.07) is 6.04. The number of nitrogens with zero attached hydrogens (tertiary/aromatic N) is 2. The standard InChI is InChI=1S/C21H29F3N2O3/c1-19(2,3)28-14-18(27)25-11-8-20(9-12-25)10-13-26(15-20)16-4-6-17(7-5-16)29-21(22,23)24/h4-7H,8-15H2,1-3H3. The Balaban J connectivity index is 1.51. The summed E-state index contributed by atoms with van der Waals surface area (Å²) in [5.74, 6) is -0.177. The van der Waals surface area contributed by atoms with Gasteiger partial charge in [0.25, 0.3) is 0 Å². The molecule has 0 bridgehead atoms. The van der Waals surface area contributed by atoms with Crippen LogP contribution in [0, 0.1) is 5.41 Å². The van der Waals surface area contributed by atoms with E-state index in [1.807, 2.05) is 25.7 Å². The van der Waals surface area contributed by atoms with Gasteiger partial charge in [0, 0.05) is 31.9 Å². The Morgan fingerprint density at radius 1 is 1.03 bits per heavy atom. The van der Waals surface area contributed by atoms with E-state index in [-0.39, 0.29) is 29.3 Å². The number of carbonyl (C=O) groups is 1. The first-order valence-electron chi connectivity index (χ1n) is 9.97. The largest absolute Gasteiger partial charge is 0.573 e. The normalized spacial score (nSPS) is 19.7.